The third-order valence-electron chi connectivity index (χ3n) is 3.42. The Morgan fingerprint density at radius 2 is 2.04 bits per heavy atom. The fraction of sp³-hybridized carbons (Fsp3) is 0.529. The molecule has 1 aromatic carbocycles. The van der Waals surface area contributed by atoms with Crippen molar-refractivity contribution in [3.63, 3.8) is 0 Å². The second-order valence-corrected chi connectivity index (χ2v) is 5.69. The topological polar surface area (TPSA) is 88.7 Å². The van der Waals surface area contributed by atoms with E-state index < -0.39 is 0 Å². The smallest absolute Gasteiger partial charge is 0.251 e. The van der Waals surface area contributed by atoms with Gasteiger partial charge in [0.1, 0.15) is 0 Å². The first-order valence-electron chi connectivity index (χ1n) is 7.91. The van der Waals surface area contributed by atoms with Crippen LogP contribution in [0.2, 0.25) is 0 Å². The molecule has 1 rings (SSSR count). The summed E-state index contributed by atoms with van der Waals surface area (Å²) in [6, 6.07) is 7.67. The summed E-state index contributed by atoms with van der Waals surface area (Å²) in [5.41, 5.74) is 7.41. The second-order valence-electron chi connectivity index (χ2n) is 5.69. The number of carbonyl (C=O) groups is 1. The molecular weight excluding hydrogens is 292 g/mol. The second kappa shape index (κ2) is 9.84. The van der Waals surface area contributed by atoms with Crippen LogP contribution in [-0.4, -0.2) is 37.7 Å². The van der Waals surface area contributed by atoms with Crippen molar-refractivity contribution >= 4 is 11.9 Å². The van der Waals surface area contributed by atoms with Crippen molar-refractivity contribution < 1.29 is 9.53 Å². The summed E-state index contributed by atoms with van der Waals surface area (Å²) >= 11 is 0. The average molecular weight is 320 g/mol. The fourth-order valence-electron chi connectivity index (χ4n) is 1.99. The van der Waals surface area contributed by atoms with Crippen LogP contribution in [0.15, 0.2) is 29.3 Å². The maximum Gasteiger partial charge on any atom is 0.251 e. The molecule has 0 saturated carbocycles. The molecule has 0 heterocycles. The summed E-state index contributed by atoms with van der Waals surface area (Å²) in [6.45, 7) is 6.96. The SMILES string of the molecule is CCC(C)NC(=O)c1cccc(CN=C(N)NC(C)COC)c1. The number of ether oxygens (including phenoxy) is 1. The van der Waals surface area contributed by atoms with Crippen LogP contribution < -0.4 is 16.4 Å². The number of rotatable bonds is 8. The van der Waals surface area contributed by atoms with Crippen LogP contribution in [0.25, 0.3) is 0 Å². The highest BCUT2D eigenvalue weighted by molar-refractivity contribution is 5.94. The Labute approximate surface area is 138 Å². The first-order valence-corrected chi connectivity index (χ1v) is 7.91. The molecule has 1 aromatic rings. The lowest BCUT2D eigenvalue weighted by molar-refractivity contribution is 0.0939. The number of nitrogens with zero attached hydrogens (tertiary/aromatic N) is 1. The maximum absolute atomic E-state index is 12.1. The van der Waals surface area contributed by atoms with Gasteiger partial charge in [0.05, 0.1) is 13.2 Å². The van der Waals surface area contributed by atoms with Crippen LogP contribution in [0, 0.1) is 0 Å². The summed E-state index contributed by atoms with van der Waals surface area (Å²) < 4.78 is 5.03. The Kier molecular flexibility index (Phi) is 8.11. The number of carbonyl (C=O) groups excluding carboxylic acids is 1. The maximum atomic E-state index is 12.1. The minimum Gasteiger partial charge on any atom is -0.383 e. The molecule has 0 aliphatic heterocycles. The quantitative estimate of drug-likeness (QED) is 0.502. The molecule has 2 atom stereocenters. The number of methoxy groups -OCH3 is 1. The standard InChI is InChI=1S/C17H28N4O2/c1-5-12(2)20-16(22)15-8-6-7-14(9-15)10-19-17(18)21-13(3)11-23-4/h6-9,12-13H,5,10-11H2,1-4H3,(H,20,22)(H3,18,19,21). The number of nitrogens with one attached hydrogen (secondary N) is 2. The molecule has 0 aliphatic rings. The number of aliphatic imine (C=N–C) groups is 1. The summed E-state index contributed by atoms with van der Waals surface area (Å²) in [4.78, 5) is 16.4. The number of benzene rings is 1. The van der Waals surface area contributed by atoms with Gasteiger partial charge < -0.3 is 21.1 Å². The van der Waals surface area contributed by atoms with Crippen molar-refractivity contribution in [3.05, 3.63) is 35.4 Å². The van der Waals surface area contributed by atoms with Crippen molar-refractivity contribution in [3.8, 4) is 0 Å². The largest absolute Gasteiger partial charge is 0.383 e. The van der Waals surface area contributed by atoms with E-state index in [1.807, 2.05) is 39.0 Å². The van der Waals surface area contributed by atoms with Crippen LogP contribution in [0.4, 0.5) is 0 Å². The lowest BCUT2D eigenvalue weighted by Gasteiger charge is -2.13. The van der Waals surface area contributed by atoms with Gasteiger partial charge in [-0.15, -0.1) is 0 Å². The number of hydrogen-bond acceptors (Lipinski definition) is 3. The lowest BCUT2D eigenvalue weighted by atomic mass is 10.1. The van der Waals surface area contributed by atoms with Crippen LogP contribution in [0.3, 0.4) is 0 Å². The van der Waals surface area contributed by atoms with E-state index in [0.717, 1.165) is 12.0 Å². The number of hydrogen-bond donors (Lipinski definition) is 3. The van der Waals surface area contributed by atoms with E-state index in [-0.39, 0.29) is 18.0 Å². The molecule has 6 nitrogen and oxygen atoms in total. The third kappa shape index (κ3) is 7.15. The van der Waals surface area contributed by atoms with Gasteiger partial charge >= 0.3 is 0 Å². The monoisotopic (exact) mass is 320 g/mol. The van der Waals surface area contributed by atoms with E-state index in [0.29, 0.717) is 24.7 Å². The minimum absolute atomic E-state index is 0.0648. The van der Waals surface area contributed by atoms with E-state index in [2.05, 4.69) is 15.6 Å². The first kappa shape index (κ1) is 19.0. The Balaban J connectivity index is 2.64. The van der Waals surface area contributed by atoms with Gasteiger partial charge in [0.2, 0.25) is 0 Å². The van der Waals surface area contributed by atoms with E-state index >= 15 is 0 Å². The molecule has 0 aromatic heterocycles. The van der Waals surface area contributed by atoms with Crippen LogP contribution in [0.1, 0.15) is 43.1 Å². The predicted molar refractivity (Wildman–Crippen MR) is 93.5 cm³/mol. The number of nitrogens with two attached hydrogens (primary N) is 1. The van der Waals surface area contributed by atoms with Gasteiger partial charge in [-0.1, -0.05) is 19.1 Å². The first-order chi connectivity index (χ1) is 11.0. The van der Waals surface area contributed by atoms with Crippen molar-refractivity contribution in [1.29, 1.82) is 0 Å². The van der Waals surface area contributed by atoms with Crippen LogP contribution >= 0.6 is 0 Å². The fourth-order valence-corrected chi connectivity index (χ4v) is 1.99. The molecule has 0 fully saturated rings. The minimum atomic E-state index is -0.0648. The molecule has 128 valence electrons. The van der Waals surface area contributed by atoms with Crippen LogP contribution in [0.5, 0.6) is 0 Å². The van der Waals surface area contributed by atoms with Crippen molar-refractivity contribution in [1.82, 2.24) is 10.6 Å². The summed E-state index contributed by atoms with van der Waals surface area (Å²) in [7, 11) is 1.64. The Morgan fingerprint density at radius 1 is 1.30 bits per heavy atom. The molecular formula is C17H28N4O2. The highest BCUT2D eigenvalue weighted by Crippen LogP contribution is 2.07. The Bertz CT molecular complexity index is 531. The zero-order chi connectivity index (χ0) is 17.2. The molecule has 1 amide bonds. The normalized spacial score (nSPS) is 14.2. The van der Waals surface area contributed by atoms with E-state index in [9.17, 15) is 4.79 Å². The highest BCUT2D eigenvalue weighted by atomic mass is 16.5. The van der Waals surface area contributed by atoms with Gasteiger partial charge in [0.25, 0.3) is 5.91 Å². The predicted octanol–water partition coefficient (Wildman–Crippen LogP) is 1.65. The lowest BCUT2D eigenvalue weighted by Crippen LogP contribution is -2.40. The summed E-state index contributed by atoms with van der Waals surface area (Å²) in [5.74, 6) is 0.300. The molecule has 0 spiro atoms. The van der Waals surface area contributed by atoms with Gasteiger partial charge in [-0.25, -0.2) is 4.99 Å². The molecule has 0 aliphatic carbocycles. The van der Waals surface area contributed by atoms with Gasteiger partial charge in [0, 0.05) is 24.8 Å². The molecule has 2 unspecified atom stereocenters. The zero-order valence-electron chi connectivity index (χ0n) is 14.4. The average Bonchev–Trinajstić information content (AvgIpc) is 2.53. The van der Waals surface area contributed by atoms with Crippen LogP contribution in [-0.2, 0) is 11.3 Å². The van der Waals surface area contributed by atoms with E-state index in [4.69, 9.17) is 10.5 Å². The van der Waals surface area contributed by atoms with Gasteiger partial charge in [-0.05, 0) is 38.0 Å². The van der Waals surface area contributed by atoms with Crippen molar-refractivity contribution in [2.45, 2.75) is 45.8 Å². The molecule has 0 bridgehead atoms. The Morgan fingerprint density at radius 3 is 2.70 bits per heavy atom. The van der Waals surface area contributed by atoms with E-state index in [1.54, 1.807) is 13.2 Å². The van der Waals surface area contributed by atoms with Gasteiger partial charge in [-0.2, -0.15) is 0 Å². The summed E-state index contributed by atoms with van der Waals surface area (Å²) in [6.07, 6.45) is 0.900. The van der Waals surface area contributed by atoms with Crippen molar-refractivity contribution in [2.24, 2.45) is 10.7 Å². The third-order valence-corrected chi connectivity index (χ3v) is 3.42. The molecule has 0 saturated heterocycles. The molecule has 4 N–H and O–H groups in total. The van der Waals surface area contributed by atoms with Gasteiger partial charge in [-0.3, -0.25) is 4.79 Å². The summed E-state index contributed by atoms with van der Waals surface area (Å²) in [5, 5.41) is 6.00. The molecule has 6 heteroatoms. The molecule has 0 radical (unpaired) electrons. The van der Waals surface area contributed by atoms with Crippen molar-refractivity contribution in [2.75, 3.05) is 13.7 Å². The molecule has 23 heavy (non-hydrogen) atoms. The highest BCUT2D eigenvalue weighted by Gasteiger charge is 2.09. The number of guanidine groups is 1. The zero-order valence-corrected chi connectivity index (χ0v) is 14.4. The number of amides is 1. The Hall–Kier alpha value is -2.08. The van der Waals surface area contributed by atoms with Gasteiger partial charge in [0.15, 0.2) is 5.96 Å². The van der Waals surface area contributed by atoms with E-state index in [1.165, 1.54) is 0 Å².